The highest BCUT2D eigenvalue weighted by atomic mass is 35.5. The number of benzene rings is 2. The van der Waals surface area contributed by atoms with Gasteiger partial charge in [-0.15, -0.1) is 11.8 Å². The Hall–Kier alpha value is -1.50. The predicted octanol–water partition coefficient (Wildman–Crippen LogP) is 6.31. The van der Waals surface area contributed by atoms with Gasteiger partial charge < -0.3 is 10.0 Å². The van der Waals surface area contributed by atoms with E-state index in [1.54, 1.807) is 30.0 Å². The number of allylic oxidation sites excluding steroid dienone is 1. The standard InChI is InChI=1S/C18H14Cl2F3NOS/c19-15-6-12(7-16(20)17(15)25)5-14-9-26-10-24(14)8-11-2-1-3-13(4-11)18(21,22)23/h1-4,6-7,9,25H,5,8,10H2. The minimum atomic E-state index is -4.35. The Labute approximate surface area is 163 Å². The Morgan fingerprint density at radius 2 is 1.77 bits per heavy atom. The van der Waals surface area contributed by atoms with Crippen molar-refractivity contribution >= 4 is 35.0 Å². The third kappa shape index (κ3) is 4.42. The first-order chi connectivity index (χ1) is 12.2. The molecule has 0 radical (unpaired) electrons. The van der Waals surface area contributed by atoms with Crippen LogP contribution in [-0.4, -0.2) is 15.9 Å². The van der Waals surface area contributed by atoms with E-state index in [2.05, 4.69) is 0 Å². The Morgan fingerprint density at radius 1 is 1.08 bits per heavy atom. The summed E-state index contributed by atoms with van der Waals surface area (Å²) in [7, 11) is 0. The van der Waals surface area contributed by atoms with Crippen LogP contribution in [0.3, 0.4) is 0 Å². The molecule has 1 aliphatic heterocycles. The number of alkyl halides is 3. The molecule has 138 valence electrons. The van der Waals surface area contributed by atoms with E-state index in [-0.39, 0.29) is 15.8 Å². The largest absolute Gasteiger partial charge is 0.505 e. The van der Waals surface area contributed by atoms with Gasteiger partial charge in [0.25, 0.3) is 0 Å². The fourth-order valence-electron chi connectivity index (χ4n) is 2.68. The van der Waals surface area contributed by atoms with Gasteiger partial charge in [0, 0.05) is 18.7 Å². The zero-order valence-corrected chi connectivity index (χ0v) is 15.7. The third-order valence-electron chi connectivity index (χ3n) is 3.95. The molecule has 2 aromatic carbocycles. The molecule has 3 rings (SSSR count). The van der Waals surface area contributed by atoms with Gasteiger partial charge >= 0.3 is 6.18 Å². The molecule has 1 aliphatic rings. The van der Waals surface area contributed by atoms with Crippen LogP contribution in [0.2, 0.25) is 10.0 Å². The van der Waals surface area contributed by atoms with Gasteiger partial charge in [-0.1, -0.05) is 35.3 Å². The van der Waals surface area contributed by atoms with Gasteiger partial charge in [0.1, 0.15) is 0 Å². The van der Waals surface area contributed by atoms with Gasteiger partial charge in [-0.05, 0) is 40.8 Å². The first kappa shape index (κ1) is 19.3. The molecule has 8 heteroatoms. The van der Waals surface area contributed by atoms with Crippen LogP contribution >= 0.6 is 35.0 Å². The molecule has 0 aliphatic carbocycles. The summed E-state index contributed by atoms with van der Waals surface area (Å²) in [6, 6.07) is 8.62. The minimum Gasteiger partial charge on any atom is -0.505 e. The number of aromatic hydroxyl groups is 1. The van der Waals surface area contributed by atoms with Crippen LogP contribution in [0.1, 0.15) is 16.7 Å². The summed E-state index contributed by atoms with van der Waals surface area (Å²) in [5, 5.41) is 12.0. The number of hydrogen-bond donors (Lipinski definition) is 1. The van der Waals surface area contributed by atoms with Crippen LogP contribution < -0.4 is 0 Å². The second kappa shape index (κ2) is 7.62. The molecule has 2 nitrogen and oxygen atoms in total. The minimum absolute atomic E-state index is 0.160. The molecular weight excluding hydrogens is 406 g/mol. The lowest BCUT2D eigenvalue weighted by Gasteiger charge is -2.22. The molecule has 1 N–H and O–H groups in total. The number of nitrogens with zero attached hydrogens (tertiary/aromatic N) is 1. The maximum atomic E-state index is 12.9. The summed E-state index contributed by atoms with van der Waals surface area (Å²) in [6.45, 7) is 0.377. The Kier molecular flexibility index (Phi) is 5.65. The first-order valence-corrected chi connectivity index (χ1v) is 9.43. The Bertz CT molecular complexity index is 832. The number of phenols is 1. The van der Waals surface area contributed by atoms with E-state index in [4.69, 9.17) is 23.2 Å². The van der Waals surface area contributed by atoms with Crippen molar-refractivity contribution in [1.82, 2.24) is 4.90 Å². The Balaban J connectivity index is 1.75. The molecule has 0 spiro atoms. The molecule has 0 amide bonds. The highest BCUT2D eigenvalue weighted by molar-refractivity contribution is 8.02. The molecule has 0 saturated carbocycles. The summed E-state index contributed by atoms with van der Waals surface area (Å²) in [5.74, 6) is 0.498. The van der Waals surface area contributed by atoms with Gasteiger partial charge in [0.2, 0.25) is 0 Å². The van der Waals surface area contributed by atoms with Crippen molar-refractivity contribution in [2.24, 2.45) is 0 Å². The van der Waals surface area contributed by atoms with E-state index >= 15 is 0 Å². The smallest absolute Gasteiger partial charge is 0.416 e. The highest BCUT2D eigenvalue weighted by Crippen LogP contribution is 2.35. The highest BCUT2D eigenvalue weighted by Gasteiger charge is 2.30. The van der Waals surface area contributed by atoms with E-state index < -0.39 is 11.7 Å². The van der Waals surface area contributed by atoms with Crippen molar-refractivity contribution in [3.8, 4) is 5.75 Å². The van der Waals surface area contributed by atoms with Crippen molar-refractivity contribution in [3.63, 3.8) is 0 Å². The first-order valence-electron chi connectivity index (χ1n) is 7.62. The predicted molar refractivity (Wildman–Crippen MR) is 99.4 cm³/mol. The quantitative estimate of drug-likeness (QED) is 0.627. The molecule has 2 aromatic rings. The van der Waals surface area contributed by atoms with Crippen molar-refractivity contribution in [1.29, 1.82) is 0 Å². The molecule has 0 fully saturated rings. The van der Waals surface area contributed by atoms with Gasteiger partial charge in [0.05, 0.1) is 21.5 Å². The van der Waals surface area contributed by atoms with Crippen LogP contribution in [0.4, 0.5) is 13.2 Å². The summed E-state index contributed by atoms with van der Waals surface area (Å²) in [4.78, 5) is 2.01. The Morgan fingerprint density at radius 3 is 2.42 bits per heavy atom. The van der Waals surface area contributed by atoms with Crippen LogP contribution in [0, 0.1) is 0 Å². The van der Waals surface area contributed by atoms with E-state index in [1.165, 1.54) is 12.1 Å². The van der Waals surface area contributed by atoms with Gasteiger partial charge in [-0.2, -0.15) is 13.2 Å². The van der Waals surface area contributed by atoms with Gasteiger partial charge in [-0.3, -0.25) is 0 Å². The van der Waals surface area contributed by atoms with E-state index in [9.17, 15) is 18.3 Å². The molecule has 0 atom stereocenters. The number of phenolic OH excluding ortho intramolecular Hbond substituents is 1. The monoisotopic (exact) mass is 419 g/mol. The fourth-order valence-corrected chi connectivity index (χ4v) is 4.15. The molecule has 0 unspecified atom stereocenters. The average molecular weight is 420 g/mol. The second-order valence-corrected chi connectivity index (χ2v) is 7.53. The topological polar surface area (TPSA) is 23.5 Å². The SMILES string of the molecule is Oc1c(Cl)cc(CC2=CSCN2Cc2cccc(C(F)(F)F)c2)cc1Cl. The average Bonchev–Trinajstić information content (AvgIpc) is 2.99. The number of hydrogen-bond acceptors (Lipinski definition) is 3. The van der Waals surface area contributed by atoms with Crippen molar-refractivity contribution in [2.45, 2.75) is 19.1 Å². The number of halogens is 5. The van der Waals surface area contributed by atoms with Crippen LogP contribution in [0.15, 0.2) is 47.5 Å². The van der Waals surface area contributed by atoms with Gasteiger partial charge in [0.15, 0.2) is 5.75 Å². The summed E-state index contributed by atoms with van der Waals surface area (Å²) >= 11 is 13.5. The lowest BCUT2D eigenvalue weighted by atomic mass is 10.1. The third-order valence-corrected chi connectivity index (χ3v) is 5.42. The second-order valence-electron chi connectivity index (χ2n) is 5.89. The number of thioether (sulfide) groups is 1. The lowest BCUT2D eigenvalue weighted by Crippen LogP contribution is -2.20. The van der Waals surface area contributed by atoms with Crippen molar-refractivity contribution in [2.75, 3.05) is 5.88 Å². The lowest BCUT2D eigenvalue weighted by molar-refractivity contribution is -0.137. The fraction of sp³-hybridized carbons (Fsp3) is 0.222. The molecular formula is C18H14Cl2F3NOS. The zero-order valence-electron chi connectivity index (χ0n) is 13.4. The van der Waals surface area contributed by atoms with Gasteiger partial charge in [-0.25, -0.2) is 0 Å². The van der Waals surface area contributed by atoms with Crippen molar-refractivity contribution < 1.29 is 18.3 Å². The molecule has 0 bridgehead atoms. The maximum Gasteiger partial charge on any atom is 0.416 e. The maximum absolute atomic E-state index is 12.9. The van der Waals surface area contributed by atoms with Crippen LogP contribution in [-0.2, 0) is 19.1 Å². The molecule has 1 heterocycles. The van der Waals surface area contributed by atoms with E-state index in [0.717, 1.165) is 17.3 Å². The van der Waals surface area contributed by atoms with Crippen LogP contribution in [0.5, 0.6) is 5.75 Å². The van der Waals surface area contributed by atoms with Crippen molar-refractivity contribution in [3.05, 3.63) is 74.2 Å². The summed E-state index contributed by atoms with van der Waals surface area (Å²) < 4.78 is 38.6. The number of rotatable bonds is 4. The summed E-state index contributed by atoms with van der Waals surface area (Å²) in [5.41, 5.74) is 1.73. The van der Waals surface area contributed by atoms with E-state index in [0.29, 0.717) is 24.4 Å². The summed E-state index contributed by atoms with van der Waals surface area (Å²) in [6.07, 6.45) is -3.83. The van der Waals surface area contributed by atoms with Crippen LogP contribution in [0.25, 0.3) is 0 Å². The zero-order chi connectivity index (χ0) is 18.9. The molecule has 26 heavy (non-hydrogen) atoms. The normalized spacial score (nSPS) is 14.7. The van der Waals surface area contributed by atoms with E-state index in [1.807, 2.05) is 10.3 Å². The molecule has 0 saturated heterocycles. The molecule has 0 aromatic heterocycles.